The van der Waals surface area contributed by atoms with Crippen LogP contribution in [0.25, 0.3) is 77.8 Å². The van der Waals surface area contributed by atoms with Gasteiger partial charge in [-0.25, -0.2) is 15.0 Å². The summed E-state index contributed by atoms with van der Waals surface area (Å²) in [6.45, 7) is 0. The predicted octanol–water partition coefficient (Wildman–Crippen LogP) is 10.3. The van der Waals surface area contributed by atoms with E-state index in [0.717, 1.165) is 78.4 Å². The van der Waals surface area contributed by atoms with Crippen molar-refractivity contribution in [1.82, 2.24) is 15.0 Å². The lowest BCUT2D eigenvalue weighted by Gasteiger charge is -2.15. The summed E-state index contributed by atoms with van der Waals surface area (Å²) in [4.78, 5) is 15.4. The number of rotatable bonds is 4. The van der Waals surface area contributed by atoms with E-state index in [4.69, 9.17) is 23.8 Å². The van der Waals surface area contributed by atoms with Gasteiger partial charge < -0.3 is 8.83 Å². The van der Waals surface area contributed by atoms with Gasteiger partial charge >= 0.3 is 0 Å². The van der Waals surface area contributed by atoms with E-state index in [1.54, 1.807) is 0 Å². The molecule has 0 saturated heterocycles. The van der Waals surface area contributed by atoms with Crippen molar-refractivity contribution in [3.63, 3.8) is 0 Å². The quantitative estimate of drug-likeness (QED) is 0.212. The molecule has 3 aromatic heterocycles. The van der Waals surface area contributed by atoms with Gasteiger partial charge in [-0.3, -0.25) is 0 Å². The van der Waals surface area contributed by atoms with E-state index in [1.807, 2.05) is 48.5 Å². The van der Waals surface area contributed by atoms with Gasteiger partial charge in [-0.15, -0.1) is 0 Å². The first-order valence-corrected chi connectivity index (χ1v) is 14.8. The van der Waals surface area contributed by atoms with Gasteiger partial charge in [0.15, 0.2) is 11.6 Å². The normalized spacial score (nSPS) is 14.8. The van der Waals surface area contributed by atoms with Crippen LogP contribution in [-0.4, -0.2) is 15.0 Å². The zero-order valence-electron chi connectivity index (χ0n) is 23.6. The molecule has 208 valence electrons. The van der Waals surface area contributed by atoms with Gasteiger partial charge in [-0.1, -0.05) is 115 Å². The average molecular weight is 568 g/mol. The van der Waals surface area contributed by atoms with Gasteiger partial charge in [0.25, 0.3) is 0 Å². The summed E-state index contributed by atoms with van der Waals surface area (Å²) < 4.78 is 12.8. The molecular weight excluding hydrogens is 542 g/mol. The molecule has 0 N–H and O–H groups in total. The molecule has 0 saturated carbocycles. The Balaban J connectivity index is 1.31. The van der Waals surface area contributed by atoms with Crippen LogP contribution >= 0.6 is 0 Å². The minimum Gasteiger partial charge on any atom is -0.456 e. The lowest BCUT2D eigenvalue weighted by atomic mass is 9.99. The fourth-order valence-electron chi connectivity index (χ4n) is 6.41. The lowest BCUT2D eigenvalue weighted by molar-refractivity contribution is 0.669. The maximum atomic E-state index is 6.55. The molecule has 1 aliphatic rings. The Hall–Kier alpha value is -5.81. The van der Waals surface area contributed by atoms with Gasteiger partial charge in [0.05, 0.1) is 0 Å². The van der Waals surface area contributed by atoms with E-state index in [2.05, 4.69) is 85.0 Å². The zero-order valence-corrected chi connectivity index (χ0v) is 23.6. The standard InChI is InChI=1S/C39H25N3O2/c1-3-12-24(13-4-1)26-17-9-18-28-35-30(20-11-23-33(35)44-36(26)28)39-41-37(25-14-5-2-6-15-25)40-38(42-39)29-19-10-22-32-34(29)27-16-7-8-21-31(27)43-32/h1-14,16-23,25H,15H2. The highest BCUT2D eigenvalue weighted by atomic mass is 16.3. The molecular formula is C39H25N3O2. The van der Waals surface area contributed by atoms with Crippen LogP contribution in [0.4, 0.5) is 0 Å². The van der Waals surface area contributed by atoms with Crippen LogP contribution in [-0.2, 0) is 0 Å². The number of furan rings is 2. The predicted molar refractivity (Wildman–Crippen MR) is 176 cm³/mol. The molecule has 1 atom stereocenters. The van der Waals surface area contributed by atoms with Gasteiger partial charge in [-0.05, 0) is 30.2 Å². The zero-order chi connectivity index (χ0) is 29.0. The Labute approximate surface area is 252 Å². The summed E-state index contributed by atoms with van der Waals surface area (Å²) >= 11 is 0. The van der Waals surface area contributed by atoms with Crippen LogP contribution in [0.15, 0.2) is 142 Å². The Kier molecular flexibility index (Phi) is 5.56. The van der Waals surface area contributed by atoms with Crippen molar-refractivity contribution >= 4 is 43.9 Å². The molecule has 5 nitrogen and oxygen atoms in total. The minimum absolute atomic E-state index is 0.0470. The number of nitrogens with zero attached hydrogens (tertiary/aromatic N) is 3. The third-order valence-corrected chi connectivity index (χ3v) is 8.46. The Bertz CT molecular complexity index is 2430. The number of hydrogen-bond donors (Lipinski definition) is 0. The van der Waals surface area contributed by atoms with Crippen molar-refractivity contribution in [2.75, 3.05) is 0 Å². The number of aromatic nitrogens is 3. The van der Waals surface area contributed by atoms with Crippen LogP contribution in [0.1, 0.15) is 18.2 Å². The monoisotopic (exact) mass is 567 g/mol. The van der Waals surface area contributed by atoms with Gasteiger partial charge in [0.2, 0.25) is 0 Å². The maximum Gasteiger partial charge on any atom is 0.164 e. The highest BCUT2D eigenvalue weighted by Gasteiger charge is 2.22. The fourth-order valence-corrected chi connectivity index (χ4v) is 6.41. The average Bonchev–Trinajstić information content (AvgIpc) is 3.67. The minimum atomic E-state index is 0.0470. The van der Waals surface area contributed by atoms with Crippen LogP contribution < -0.4 is 0 Å². The summed E-state index contributed by atoms with van der Waals surface area (Å²) in [5.74, 6) is 2.03. The van der Waals surface area contributed by atoms with Gasteiger partial charge in [-0.2, -0.15) is 0 Å². The van der Waals surface area contributed by atoms with E-state index < -0.39 is 0 Å². The molecule has 0 fully saturated rings. The molecule has 44 heavy (non-hydrogen) atoms. The molecule has 1 unspecified atom stereocenters. The van der Waals surface area contributed by atoms with Crippen LogP contribution in [0.5, 0.6) is 0 Å². The Morgan fingerprint density at radius 1 is 0.523 bits per heavy atom. The third kappa shape index (κ3) is 3.90. The molecule has 0 bridgehead atoms. The van der Waals surface area contributed by atoms with Crippen molar-refractivity contribution in [3.05, 3.63) is 139 Å². The van der Waals surface area contributed by atoms with Crippen LogP contribution in [0.2, 0.25) is 0 Å². The summed E-state index contributed by atoms with van der Waals surface area (Å²) in [6, 6.07) is 37.0. The molecule has 5 aromatic carbocycles. The van der Waals surface area contributed by atoms with Crippen molar-refractivity contribution < 1.29 is 8.83 Å². The first-order valence-electron chi connectivity index (χ1n) is 14.8. The van der Waals surface area contributed by atoms with Crippen LogP contribution in [0, 0.1) is 0 Å². The molecule has 8 aromatic rings. The van der Waals surface area contributed by atoms with Crippen molar-refractivity contribution in [2.24, 2.45) is 0 Å². The SMILES string of the molecule is C1=CCC(c2nc(-c3cccc4oc5ccccc5c34)nc(-c3cccc4oc5c(-c6ccccc6)cccc5c34)n2)C=C1. The summed E-state index contributed by atoms with van der Waals surface area (Å²) in [5.41, 5.74) is 7.30. The summed E-state index contributed by atoms with van der Waals surface area (Å²) in [6.07, 6.45) is 9.29. The lowest BCUT2D eigenvalue weighted by Crippen LogP contribution is -2.08. The maximum absolute atomic E-state index is 6.55. The van der Waals surface area contributed by atoms with E-state index >= 15 is 0 Å². The van der Waals surface area contributed by atoms with E-state index in [-0.39, 0.29) is 5.92 Å². The van der Waals surface area contributed by atoms with E-state index in [1.165, 1.54) is 0 Å². The Morgan fingerprint density at radius 2 is 1.16 bits per heavy atom. The number of para-hydroxylation sites is 2. The topological polar surface area (TPSA) is 65.0 Å². The molecule has 0 aliphatic heterocycles. The number of allylic oxidation sites excluding steroid dienone is 4. The Morgan fingerprint density at radius 3 is 1.93 bits per heavy atom. The molecule has 0 amide bonds. The number of hydrogen-bond acceptors (Lipinski definition) is 5. The highest BCUT2D eigenvalue weighted by Crippen LogP contribution is 2.41. The second-order valence-electron chi connectivity index (χ2n) is 11.1. The molecule has 3 heterocycles. The highest BCUT2D eigenvalue weighted by molar-refractivity contribution is 6.15. The van der Waals surface area contributed by atoms with Crippen molar-refractivity contribution in [1.29, 1.82) is 0 Å². The summed E-state index contributed by atoms with van der Waals surface area (Å²) in [7, 11) is 0. The molecule has 0 spiro atoms. The summed E-state index contributed by atoms with van der Waals surface area (Å²) in [5, 5.41) is 4.07. The molecule has 9 rings (SSSR count). The van der Waals surface area contributed by atoms with Gasteiger partial charge in [0, 0.05) is 44.2 Å². The van der Waals surface area contributed by atoms with Crippen LogP contribution in [0.3, 0.4) is 0 Å². The smallest absolute Gasteiger partial charge is 0.164 e. The molecule has 1 aliphatic carbocycles. The molecule has 5 heteroatoms. The first-order chi connectivity index (χ1) is 21.8. The first kappa shape index (κ1) is 24.8. The number of fused-ring (bicyclic) bond motifs is 6. The largest absolute Gasteiger partial charge is 0.456 e. The second kappa shape index (κ2) is 9.89. The third-order valence-electron chi connectivity index (χ3n) is 8.46. The molecule has 0 radical (unpaired) electrons. The fraction of sp³-hybridized carbons (Fsp3) is 0.0513. The number of benzene rings is 5. The van der Waals surface area contributed by atoms with E-state index in [9.17, 15) is 0 Å². The van der Waals surface area contributed by atoms with Crippen molar-refractivity contribution in [2.45, 2.75) is 12.3 Å². The van der Waals surface area contributed by atoms with Gasteiger partial charge in [0.1, 0.15) is 28.2 Å². The second-order valence-corrected chi connectivity index (χ2v) is 11.1. The van der Waals surface area contributed by atoms with Crippen molar-refractivity contribution in [3.8, 4) is 33.9 Å². The van der Waals surface area contributed by atoms with E-state index in [0.29, 0.717) is 11.6 Å².